The molecule has 0 rings (SSSR count). The van der Waals surface area contributed by atoms with E-state index in [1.807, 2.05) is 13.8 Å². The van der Waals surface area contributed by atoms with Gasteiger partial charge in [0.2, 0.25) is 0 Å². The second-order valence-electron chi connectivity index (χ2n) is 3.09. The van der Waals surface area contributed by atoms with E-state index in [2.05, 4.69) is 11.3 Å². The van der Waals surface area contributed by atoms with E-state index in [9.17, 15) is 13.2 Å². The minimum atomic E-state index is -4.65. The van der Waals surface area contributed by atoms with Gasteiger partial charge < -0.3 is 4.74 Å². The van der Waals surface area contributed by atoms with Gasteiger partial charge in [-0.25, -0.2) is 0 Å². The van der Waals surface area contributed by atoms with Crippen LogP contribution in [0, 0.1) is 0 Å². The van der Waals surface area contributed by atoms with Crippen molar-refractivity contribution < 1.29 is 17.9 Å². The van der Waals surface area contributed by atoms with Gasteiger partial charge in [0, 0.05) is 0 Å². The molecule has 0 bridgehead atoms. The van der Waals surface area contributed by atoms with Gasteiger partial charge in [0.1, 0.15) is 5.76 Å². The number of ether oxygens (including phenoxy) is 1. The van der Waals surface area contributed by atoms with Crippen molar-refractivity contribution in [3.8, 4) is 0 Å². The predicted octanol–water partition coefficient (Wildman–Crippen LogP) is 4.98. The highest BCUT2D eigenvalue weighted by Crippen LogP contribution is 2.23. The summed E-state index contributed by atoms with van der Waals surface area (Å²) in [6.45, 7) is 12.3. The van der Waals surface area contributed by atoms with Gasteiger partial charge in [0.15, 0.2) is 0 Å². The van der Waals surface area contributed by atoms with Crippen molar-refractivity contribution in [1.82, 2.24) is 0 Å². The maximum atomic E-state index is 11.9. The molecule has 0 aliphatic carbocycles. The van der Waals surface area contributed by atoms with Crippen LogP contribution in [0.3, 0.4) is 0 Å². The van der Waals surface area contributed by atoms with Crippen LogP contribution in [0.4, 0.5) is 13.2 Å². The van der Waals surface area contributed by atoms with Crippen LogP contribution in [0.15, 0.2) is 35.6 Å². The summed E-state index contributed by atoms with van der Waals surface area (Å²) in [5, 5.41) is 0. The summed E-state index contributed by atoms with van der Waals surface area (Å²) in [5.74, 6) is -0.194. The Hall–Kier alpha value is -1.19. The summed E-state index contributed by atoms with van der Waals surface area (Å²) in [5.41, 5.74) is 1.12. The van der Waals surface area contributed by atoms with Crippen molar-refractivity contribution in [3.05, 3.63) is 35.6 Å². The zero-order valence-corrected chi connectivity index (χ0v) is 10.4. The number of alkyl halides is 3. The van der Waals surface area contributed by atoms with E-state index in [0.29, 0.717) is 11.1 Å². The number of allylic oxidation sites excluding steroid dienone is 4. The van der Waals surface area contributed by atoms with Crippen molar-refractivity contribution >= 4 is 0 Å². The number of halogens is 3. The second-order valence-corrected chi connectivity index (χ2v) is 3.09. The van der Waals surface area contributed by atoms with Gasteiger partial charge in [-0.2, -0.15) is 0 Å². The lowest BCUT2D eigenvalue weighted by Gasteiger charge is -2.11. The molecule has 0 amide bonds. The Morgan fingerprint density at radius 1 is 1.06 bits per heavy atom. The molecule has 0 aliphatic heterocycles. The average Bonchev–Trinajstić information content (AvgIpc) is 2.13. The Bertz CT molecular complexity index is 268. The lowest BCUT2D eigenvalue weighted by atomic mass is 10.2. The van der Waals surface area contributed by atoms with Crippen LogP contribution < -0.4 is 0 Å². The maximum Gasteiger partial charge on any atom is 0.573 e. The molecule has 94 valence electrons. The van der Waals surface area contributed by atoms with Gasteiger partial charge in [-0.15, -0.1) is 13.2 Å². The third-order valence-corrected chi connectivity index (χ3v) is 1.24. The molecule has 0 aromatic rings. The van der Waals surface area contributed by atoms with E-state index in [4.69, 9.17) is 0 Å². The van der Waals surface area contributed by atoms with Gasteiger partial charge in [0.25, 0.3) is 0 Å². The van der Waals surface area contributed by atoms with Gasteiger partial charge in [-0.1, -0.05) is 32.1 Å². The summed E-state index contributed by atoms with van der Waals surface area (Å²) >= 11 is 0. The Kier molecular flexibility index (Phi) is 8.63. The summed E-state index contributed by atoms with van der Waals surface area (Å²) in [6, 6.07) is 0. The van der Waals surface area contributed by atoms with Crippen molar-refractivity contribution in [1.29, 1.82) is 0 Å². The van der Waals surface area contributed by atoms with E-state index >= 15 is 0 Å². The highest BCUT2D eigenvalue weighted by atomic mass is 19.4. The van der Waals surface area contributed by atoms with Crippen molar-refractivity contribution in [3.63, 3.8) is 0 Å². The first-order chi connectivity index (χ1) is 7.22. The molecule has 0 heterocycles. The molecule has 0 aliphatic rings. The second kappa shape index (κ2) is 8.02. The summed E-state index contributed by atoms with van der Waals surface area (Å²) < 4.78 is 39.4. The van der Waals surface area contributed by atoms with Crippen molar-refractivity contribution in [2.24, 2.45) is 0 Å². The monoisotopic (exact) mass is 236 g/mol. The van der Waals surface area contributed by atoms with Crippen LogP contribution in [-0.4, -0.2) is 6.36 Å². The van der Waals surface area contributed by atoms with E-state index < -0.39 is 6.36 Å². The van der Waals surface area contributed by atoms with E-state index in [1.54, 1.807) is 20.8 Å². The Labute approximate surface area is 95.3 Å². The fraction of sp³-hybridized carbons (Fsp3) is 0.500. The first kappa shape index (κ1) is 17.2. The van der Waals surface area contributed by atoms with Gasteiger partial charge >= 0.3 is 6.36 Å². The largest absolute Gasteiger partial charge is 0.573 e. The molecule has 0 radical (unpaired) electrons. The van der Waals surface area contributed by atoms with Crippen LogP contribution in [0.5, 0.6) is 0 Å². The Balaban J connectivity index is 0. The highest BCUT2D eigenvalue weighted by Gasteiger charge is 2.31. The minimum absolute atomic E-state index is 0.194. The van der Waals surface area contributed by atoms with E-state index in [1.165, 1.54) is 12.2 Å². The quantitative estimate of drug-likeness (QED) is 0.496. The molecule has 0 aromatic heterocycles. The molecule has 0 N–H and O–H groups in total. The molecule has 16 heavy (non-hydrogen) atoms. The molecule has 0 fully saturated rings. The fourth-order valence-electron chi connectivity index (χ4n) is 0.645. The molecular formula is C12H19F3O. The van der Waals surface area contributed by atoms with Crippen LogP contribution >= 0.6 is 0 Å². The topological polar surface area (TPSA) is 9.23 Å². The molecule has 0 spiro atoms. The zero-order valence-electron chi connectivity index (χ0n) is 10.4. The molecule has 0 aromatic carbocycles. The number of rotatable bonds is 3. The molecule has 1 nitrogen and oxygen atoms in total. The Morgan fingerprint density at radius 2 is 1.50 bits per heavy atom. The normalized spacial score (nSPS) is 10.5. The lowest BCUT2D eigenvalue weighted by Crippen LogP contribution is -2.12. The third kappa shape index (κ3) is 10.9. The standard InChI is InChI=1S/C10H13F3O.C2H6/c1-7(2)5-6-9(8(3)4)14-10(11,12)13;1-2/h5-6H,1H2,2-4H3;1-2H3/b6-5-;. The number of hydrogen-bond acceptors (Lipinski definition) is 1. The summed E-state index contributed by atoms with van der Waals surface area (Å²) in [7, 11) is 0. The minimum Gasteiger partial charge on any atom is -0.406 e. The smallest absolute Gasteiger partial charge is 0.406 e. The van der Waals surface area contributed by atoms with E-state index in [-0.39, 0.29) is 5.76 Å². The molecule has 0 atom stereocenters. The summed E-state index contributed by atoms with van der Waals surface area (Å²) in [6.07, 6.45) is -1.93. The molecular weight excluding hydrogens is 217 g/mol. The fourth-order valence-corrected chi connectivity index (χ4v) is 0.645. The van der Waals surface area contributed by atoms with Gasteiger partial charge in [-0.3, -0.25) is 0 Å². The lowest BCUT2D eigenvalue weighted by molar-refractivity contribution is -0.303. The molecule has 4 heteroatoms. The average molecular weight is 236 g/mol. The van der Waals surface area contributed by atoms with Crippen LogP contribution in [-0.2, 0) is 4.74 Å². The zero-order chi connectivity index (χ0) is 13.4. The van der Waals surface area contributed by atoms with E-state index in [0.717, 1.165) is 0 Å². The van der Waals surface area contributed by atoms with Crippen LogP contribution in [0.2, 0.25) is 0 Å². The van der Waals surface area contributed by atoms with Gasteiger partial charge in [-0.05, 0) is 32.4 Å². The highest BCUT2D eigenvalue weighted by molar-refractivity contribution is 5.24. The molecule has 0 saturated carbocycles. The Morgan fingerprint density at radius 3 is 1.75 bits per heavy atom. The van der Waals surface area contributed by atoms with Gasteiger partial charge in [0.05, 0.1) is 0 Å². The first-order valence-corrected chi connectivity index (χ1v) is 4.99. The first-order valence-electron chi connectivity index (χ1n) is 4.99. The molecule has 0 saturated heterocycles. The predicted molar refractivity (Wildman–Crippen MR) is 60.8 cm³/mol. The van der Waals surface area contributed by atoms with Crippen LogP contribution in [0.1, 0.15) is 34.6 Å². The maximum absolute atomic E-state index is 11.9. The summed E-state index contributed by atoms with van der Waals surface area (Å²) in [4.78, 5) is 0. The van der Waals surface area contributed by atoms with Crippen molar-refractivity contribution in [2.75, 3.05) is 0 Å². The molecule has 0 unspecified atom stereocenters. The van der Waals surface area contributed by atoms with Crippen LogP contribution in [0.25, 0.3) is 0 Å². The SMILES string of the molecule is C=C(C)/C=C\C(OC(F)(F)F)=C(C)C.CC. The van der Waals surface area contributed by atoms with Crippen molar-refractivity contribution in [2.45, 2.75) is 41.0 Å². The third-order valence-electron chi connectivity index (χ3n) is 1.24. The number of hydrogen-bond donors (Lipinski definition) is 0.